The normalized spacial score (nSPS) is 24.3. The van der Waals surface area contributed by atoms with Gasteiger partial charge in [-0.3, -0.25) is 15.1 Å². The largest absolute Gasteiger partial charge is 0.378 e. The number of ether oxygens (including phenoxy) is 1. The molecule has 26 heavy (non-hydrogen) atoms. The van der Waals surface area contributed by atoms with E-state index in [1.807, 2.05) is 6.07 Å². The summed E-state index contributed by atoms with van der Waals surface area (Å²) in [5, 5.41) is 17.7. The van der Waals surface area contributed by atoms with E-state index in [2.05, 4.69) is 22.5 Å². The van der Waals surface area contributed by atoms with E-state index in [1.54, 1.807) is 19.2 Å². The first-order valence-electron chi connectivity index (χ1n) is 9.41. The van der Waals surface area contributed by atoms with E-state index in [1.165, 1.54) is 31.7 Å². The van der Waals surface area contributed by atoms with Gasteiger partial charge in [0.1, 0.15) is 0 Å². The van der Waals surface area contributed by atoms with E-state index in [0.29, 0.717) is 18.7 Å². The minimum absolute atomic E-state index is 0.107. The maximum atomic E-state index is 10.9. The van der Waals surface area contributed by atoms with Crippen molar-refractivity contribution in [1.29, 1.82) is 0 Å². The SMILES string of the molecule is CCOC1CC(NC(=NC)NCc2cccc([N+](=O)[O-])c2)C12CCCC2. The molecule has 0 bridgehead atoms. The Labute approximate surface area is 154 Å². The molecular formula is C19H28N4O3. The Morgan fingerprint density at radius 1 is 1.42 bits per heavy atom. The number of guanidine groups is 1. The lowest BCUT2D eigenvalue weighted by molar-refractivity contribution is -0.384. The minimum Gasteiger partial charge on any atom is -0.378 e. The molecule has 2 fully saturated rings. The predicted molar refractivity (Wildman–Crippen MR) is 101 cm³/mol. The zero-order chi connectivity index (χ0) is 18.6. The molecule has 0 amide bonds. The summed E-state index contributed by atoms with van der Waals surface area (Å²) in [7, 11) is 1.75. The Morgan fingerprint density at radius 3 is 2.85 bits per heavy atom. The van der Waals surface area contributed by atoms with Gasteiger partial charge in [-0.25, -0.2) is 0 Å². The first-order chi connectivity index (χ1) is 12.6. The number of hydrogen-bond donors (Lipinski definition) is 2. The molecular weight excluding hydrogens is 332 g/mol. The molecule has 1 spiro atoms. The zero-order valence-electron chi connectivity index (χ0n) is 15.5. The molecule has 142 valence electrons. The predicted octanol–water partition coefficient (Wildman–Crippen LogP) is 3.00. The van der Waals surface area contributed by atoms with Gasteiger partial charge < -0.3 is 15.4 Å². The fourth-order valence-electron chi connectivity index (χ4n) is 4.41. The Balaban J connectivity index is 1.58. The third-order valence-electron chi connectivity index (χ3n) is 5.80. The van der Waals surface area contributed by atoms with Gasteiger partial charge in [-0.1, -0.05) is 25.0 Å². The summed E-state index contributed by atoms with van der Waals surface area (Å²) >= 11 is 0. The number of rotatable bonds is 6. The minimum atomic E-state index is -0.372. The van der Waals surface area contributed by atoms with Gasteiger partial charge >= 0.3 is 0 Å². The highest BCUT2D eigenvalue weighted by Gasteiger charge is 2.56. The van der Waals surface area contributed by atoms with Crippen LogP contribution in [-0.4, -0.2) is 36.7 Å². The maximum Gasteiger partial charge on any atom is 0.269 e. The topological polar surface area (TPSA) is 88.8 Å². The molecule has 2 saturated carbocycles. The summed E-state index contributed by atoms with van der Waals surface area (Å²) in [4.78, 5) is 14.9. The van der Waals surface area contributed by atoms with Crippen molar-refractivity contribution in [3.8, 4) is 0 Å². The van der Waals surface area contributed by atoms with Gasteiger partial charge in [0.2, 0.25) is 0 Å². The van der Waals surface area contributed by atoms with Crippen LogP contribution >= 0.6 is 0 Å². The molecule has 1 aromatic rings. The van der Waals surface area contributed by atoms with Crippen LogP contribution in [0.5, 0.6) is 0 Å². The van der Waals surface area contributed by atoms with Crippen molar-refractivity contribution >= 4 is 11.6 Å². The van der Waals surface area contributed by atoms with Gasteiger partial charge in [0.05, 0.1) is 11.0 Å². The molecule has 0 saturated heterocycles. The lowest BCUT2D eigenvalue weighted by Gasteiger charge is -2.54. The fourth-order valence-corrected chi connectivity index (χ4v) is 4.41. The number of benzene rings is 1. The lowest BCUT2D eigenvalue weighted by atomic mass is 9.60. The van der Waals surface area contributed by atoms with E-state index < -0.39 is 0 Å². The summed E-state index contributed by atoms with van der Waals surface area (Å²) < 4.78 is 5.96. The van der Waals surface area contributed by atoms with Gasteiger partial charge in [0.15, 0.2) is 5.96 Å². The van der Waals surface area contributed by atoms with Crippen molar-refractivity contribution in [3.63, 3.8) is 0 Å². The molecule has 7 nitrogen and oxygen atoms in total. The van der Waals surface area contributed by atoms with Crippen LogP contribution < -0.4 is 10.6 Å². The van der Waals surface area contributed by atoms with Crippen molar-refractivity contribution in [3.05, 3.63) is 39.9 Å². The van der Waals surface area contributed by atoms with Crippen LogP contribution in [0.15, 0.2) is 29.3 Å². The zero-order valence-corrected chi connectivity index (χ0v) is 15.5. The van der Waals surface area contributed by atoms with Gasteiger partial charge in [-0.05, 0) is 31.7 Å². The fraction of sp³-hybridized carbons (Fsp3) is 0.632. The second-order valence-corrected chi connectivity index (χ2v) is 7.17. The second kappa shape index (κ2) is 8.03. The maximum absolute atomic E-state index is 10.9. The number of aliphatic imine (C=N–C) groups is 1. The first kappa shape index (κ1) is 18.6. The van der Waals surface area contributed by atoms with Crippen molar-refractivity contribution in [2.75, 3.05) is 13.7 Å². The number of nitrogens with one attached hydrogen (secondary N) is 2. The number of non-ortho nitro benzene ring substituents is 1. The molecule has 0 aliphatic heterocycles. The standard InChI is InChI=1S/C19H28N4O3/c1-3-26-17-12-16(19(17)9-4-5-10-19)22-18(20-2)21-13-14-7-6-8-15(11-14)23(24)25/h6-8,11,16-17H,3-5,9-10,12-13H2,1-2H3,(H2,20,21,22). The third kappa shape index (κ3) is 3.67. The second-order valence-electron chi connectivity index (χ2n) is 7.17. The molecule has 2 atom stereocenters. The number of nitro benzene ring substituents is 1. The summed E-state index contributed by atoms with van der Waals surface area (Å²) in [5.74, 6) is 0.739. The van der Waals surface area contributed by atoms with Crippen LogP contribution in [0.25, 0.3) is 0 Å². The van der Waals surface area contributed by atoms with E-state index in [9.17, 15) is 10.1 Å². The van der Waals surface area contributed by atoms with Crippen molar-refractivity contribution in [2.24, 2.45) is 10.4 Å². The quantitative estimate of drug-likeness (QED) is 0.352. The molecule has 1 aromatic carbocycles. The number of nitro groups is 1. The number of hydrogen-bond acceptors (Lipinski definition) is 4. The third-order valence-corrected chi connectivity index (χ3v) is 5.80. The van der Waals surface area contributed by atoms with E-state index in [0.717, 1.165) is 24.6 Å². The highest BCUT2D eigenvalue weighted by Crippen LogP contribution is 2.54. The Bertz CT molecular complexity index is 671. The molecule has 0 radical (unpaired) electrons. The highest BCUT2D eigenvalue weighted by molar-refractivity contribution is 5.80. The van der Waals surface area contributed by atoms with Crippen LogP contribution in [0.4, 0.5) is 5.69 Å². The molecule has 0 heterocycles. The van der Waals surface area contributed by atoms with Crippen LogP contribution in [0.2, 0.25) is 0 Å². The molecule has 2 N–H and O–H groups in total. The Hall–Kier alpha value is -2.15. The van der Waals surface area contributed by atoms with Gasteiger partial charge in [0.25, 0.3) is 5.69 Å². The van der Waals surface area contributed by atoms with Crippen molar-refractivity contribution in [1.82, 2.24) is 10.6 Å². The number of nitrogens with zero attached hydrogens (tertiary/aromatic N) is 2. The van der Waals surface area contributed by atoms with Crippen LogP contribution in [-0.2, 0) is 11.3 Å². The lowest BCUT2D eigenvalue weighted by Crippen LogP contribution is -2.65. The highest BCUT2D eigenvalue weighted by atomic mass is 16.6. The van der Waals surface area contributed by atoms with Crippen molar-refractivity contribution < 1.29 is 9.66 Å². The molecule has 2 aliphatic carbocycles. The van der Waals surface area contributed by atoms with E-state index in [-0.39, 0.29) is 16.0 Å². The van der Waals surface area contributed by atoms with E-state index in [4.69, 9.17) is 4.74 Å². The molecule has 3 rings (SSSR count). The van der Waals surface area contributed by atoms with Crippen LogP contribution in [0.1, 0.15) is 44.6 Å². The Kier molecular flexibility index (Phi) is 5.76. The summed E-state index contributed by atoms with van der Waals surface area (Å²) in [6, 6.07) is 7.05. The van der Waals surface area contributed by atoms with Crippen LogP contribution in [0, 0.1) is 15.5 Å². The first-order valence-corrected chi connectivity index (χ1v) is 9.41. The summed E-state index contributed by atoms with van der Waals surface area (Å²) in [6.45, 7) is 3.32. The summed E-state index contributed by atoms with van der Waals surface area (Å²) in [5.41, 5.74) is 1.20. The average molecular weight is 360 g/mol. The van der Waals surface area contributed by atoms with Gasteiger partial charge in [-0.15, -0.1) is 0 Å². The summed E-state index contributed by atoms with van der Waals surface area (Å²) in [6.07, 6.45) is 6.30. The average Bonchev–Trinajstić information content (AvgIpc) is 3.16. The van der Waals surface area contributed by atoms with Crippen LogP contribution in [0.3, 0.4) is 0 Å². The smallest absolute Gasteiger partial charge is 0.269 e. The monoisotopic (exact) mass is 360 g/mol. The molecule has 7 heteroatoms. The van der Waals surface area contributed by atoms with Gasteiger partial charge in [0, 0.05) is 43.8 Å². The Morgan fingerprint density at radius 2 is 2.19 bits per heavy atom. The molecule has 0 aromatic heterocycles. The van der Waals surface area contributed by atoms with Gasteiger partial charge in [-0.2, -0.15) is 0 Å². The molecule has 2 aliphatic rings. The van der Waals surface area contributed by atoms with E-state index >= 15 is 0 Å². The van der Waals surface area contributed by atoms with Crippen molar-refractivity contribution in [2.45, 2.75) is 57.7 Å². The molecule has 2 unspecified atom stereocenters.